The van der Waals surface area contributed by atoms with Crippen LogP contribution >= 0.6 is 22.9 Å². The Morgan fingerprint density at radius 2 is 1.82 bits per heavy atom. The third-order valence-electron chi connectivity index (χ3n) is 2.65. The van der Waals surface area contributed by atoms with Gasteiger partial charge in [-0.25, -0.2) is 3.11 Å². The summed E-state index contributed by atoms with van der Waals surface area (Å²) in [5.41, 5.74) is -0.387. The first-order chi connectivity index (χ1) is 5.04. The molecule has 0 bridgehead atoms. The zero-order valence-corrected chi connectivity index (χ0v) is 9.34. The topological polar surface area (TPSA) is 23.5 Å². The Bertz CT molecular complexity index is 130. The Kier molecular flexibility index (Phi) is 3.17. The number of piperidine rings is 1. The van der Waals surface area contributed by atoms with Crippen molar-refractivity contribution in [2.75, 3.05) is 13.1 Å². The summed E-state index contributed by atoms with van der Waals surface area (Å²) in [6.45, 7) is 6.25. The van der Waals surface area contributed by atoms with Gasteiger partial charge in [0.2, 0.25) is 0 Å². The molecule has 2 nitrogen and oxygen atoms in total. The lowest BCUT2D eigenvalue weighted by molar-refractivity contribution is -0.0402. The molecule has 1 heterocycles. The Balaban J connectivity index is 2.48. The van der Waals surface area contributed by atoms with Crippen molar-refractivity contribution in [1.82, 2.24) is 3.11 Å². The second kappa shape index (κ2) is 3.58. The van der Waals surface area contributed by atoms with Crippen molar-refractivity contribution in [2.24, 2.45) is 5.92 Å². The summed E-state index contributed by atoms with van der Waals surface area (Å²) < 4.78 is 2.24. The fourth-order valence-corrected chi connectivity index (χ4v) is 1.93. The molecule has 0 aromatic rings. The summed E-state index contributed by atoms with van der Waals surface area (Å²) in [6, 6.07) is 0. The van der Waals surface area contributed by atoms with E-state index in [9.17, 15) is 5.11 Å². The van der Waals surface area contributed by atoms with Crippen molar-refractivity contribution in [3.8, 4) is 0 Å². The lowest BCUT2D eigenvalue weighted by atomic mass is 9.82. The first kappa shape index (κ1) is 9.74. The third kappa shape index (κ3) is 2.29. The summed E-state index contributed by atoms with van der Waals surface area (Å²) in [6.07, 6.45) is 1.85. The van der Waals surface area contributed by atoms with Crippen molar-refractivity contribution in [2.45, 2.75) is 32.3 Å². The monoisotopic (exact) mass is 269 g/mol. The molecule has 1 N–H and O–H groups in total. The fourth-order valence-electron chi connectivity index (χ4n) is 1.44. The zero-order valence-electron chi connectivity index (χ0n) is 7.18. The maximum atomic E-state index is 10.0. The molecule has 11 heavy (non-hydrogen) atoms. The molecule has 0 unspecified atom stereocenters. The van der Waals surface area contributed by atoms with Crippen LogP contribution in [0.5, 0.6) is 0 Å². The van der Waals surface area contributed by atoms with E-state index in [-0.39, 0.29) is 5.60 Å². The molecule has 0 radical (unpaired) electrons. The summed E-state index contributed by atoms with van der Waals surface area (Å²) in [4.78, 5) is 0. The van der Waals surface area contributed by atoms with E-state index in [2.05, 4.69) is 39.8 Å². The number of rotatable bonds is 1. The molecule has 1 aliphatic heterocycles. The second-order valence-electron chi connectivity index (χ2n) is 3.67. The van der Waals surface area contributed by atoms with Gasteiger partial charge in [0.05, 0.1) is 5.60 Å². The van der Waals surface area contributed by atoms with Gasteiger partial charge in [0.1, 0.15) is 0 Å². The standard InChI is InChI=1S/C8H16INO/c1-7(2)8(11)3-5-10(9)6-4-8/h7,11H,3-6H2,1-2H3. The normalized spacial score (nSPS) is 25.9. The Labute approximate surface area is 82.5 Å². The fraction of sp³-hybridized carbons (Fsp3) is 1.00. The van der Waals surface area contributed by atoms with Crippen LogP contribution in [0.1, 0.15) is 26.7 Å². The highest BCUT2D eigenvalue weighted by Crippen LogP contribution is 2.30. The molecule has 0 aromatic carbocycles. The minimum atomic E-state index is -0.387. The van der Waals surface area contributed by atoms with Gasteiger partial charge in [-0.1, -0.05) is 13.8 Å². The number of aliphatic hydroxyl groups is 1. The molecule has 0 saturated carbocycles. The van der Waals surface area contributed by atoms with Gasteiger partial charge in [-0.3, -0.25) is 0 Å². The van der Waals surface area contributed by atoms with Crippen LogP contribution in [0, 0.1) is 5.92 Å². The van der Waals surface area contributed by atoms with E-state index in [0.29, 0.717) is 5.92 Å². The molecule has 0 aromatic heterocycles. The van der Waals surface area contributed by atoms with Gasteiger partial charge in [-0.2, -0.15) is 0 Å². The molecule has 0 aliphatic carbocycles. The summed E-state index contributed by atoms with van der Waals surface area (Å²) >= 11 is 2.32. The third-order valence-corrected chi connectivity index (χ3v) is 3.61. The van der Waals surface area contributed by atoms with Crippen LogP contribution in [0.4, 0.5) is 0 Å². The van der Waals surface area contributed by atoms with E-state index in [0.717, 1.165) is 25.9 Å². The molecule has 1 aliphatic rings. The van der Waals surface area contributed by atoms with Crippen LogP contribution in [0.3, 0.4) is 0 Å². The van der Waals surface area contributed by atoms with E-state index >= 15 is 0 Å². The highest BCUT2D eigenvalue weighted by Gasteiger charge is 2.34. The van der Waals surface area contributed by atoms with E-state index in [1.165, 1.54) is 0 Å². The van der Waals surface area contributed by atoms with Gasteiger partial charge in [0.15, 0.2) is 0 Å². The summed E-state index contributed by atoms with van der Waals surface area (Å²) in [7, 11) is 0. The largest absolute Gasteiger partial charge is 0.390 e. The van der Waals surface area contributed by atoms with Crippen molar-refractivity contribution in [1.29, 1.82) is 0 Å². The van der Waals surface area contributed by atoms with E-state index in [4.69, 9.17) is 0 Å². The molecule has 0 spiro atoms. The Morgan fingerprint density at radius 1 is 1.36 bits per heavy atom. The smallest absolute Gasteiger partial charge is 0.0695 e. The Hall–Kier alpha value is 0.650. The molecule has 3 heteroatoms. The van der Waals surface area contributed by atoms with Gasteiger partial charge in [-0.05, 0) is 18.8 Å². The minimum Gasteiger partial charge on any atom is -0.390 e. The van der Waals surface area contributed by atoms with Crippen LogP contribution in [0.2, 0.25) is 0 Å². The average Bonchev–Trinajstić information content (AvgIpc) is 1.95. The molecule has 1 rings (SSSR count). The molecule has 66 valence electrons. The number of hydrogen-bond donors (Lipinski definition) is 1. The van der Waals surface area contributed by atoms with Gasteiger partial charge >= 0.3 is 0 Å². The van der Waals surface area contributed by atoms with Gasteiger partial charge in [0.25, 0.3) is 0 Å². The van der Waals surface area contributed by atoms with Crippen molar-refractivity contribution < 1.29 is 5.11 Å². The predicted molar refractivity (Wildman–Crippen MR) is 54.6 cm³/mol. The highest BCUT2D eigenvalue weighted by molar-refractivity contribution is 14.1. The maximum Gasteiger partial charge on any atom is 0.0695 e. The van der Waals surface area contributed by atoms with Gasteiger partial charge in [0, 0.05) is 36.0 Å². The van der Waals surface area contributed by atoms with Crippen LogP contribution in [0.15, 0.2) is 0 Å². The molecule has 0 amide bonds. The van der Waals surface area contributed by atoms with Crippen molar-refractivity contribution >= 4 is 22.9 Å². The predicted octanol–water partition coefficient (Wildman–Crippen LogP) is 1.82. The number of hydrogen-bond acceptors (Lipinski definition) is 2. The van der Waals surface area contributed by atoms with Crippen LogP contribution < -0.4 is 0 Å². The van der Waals surface area contributed by atoms with Gasteiger partial charge < -0.3 is 5.11 Å². The average molecular weight is 269 g/mol. The van der Waals surface area contributed by atoms with Crippen LogP contribution in [-0.2, 0) is 0 Å². The lowest BCUT2D eigenvalue weighted by Gasteiger charge is -2.38. The second-order valence-corrected chi connectivity index (χ2v) is 5.03. The minimum absolute atomic E-state index is 0.387. The zero-order chi connectivity index (χ0) is 8.48. The van der Waals surface area contributed by atoms with Gasteiger partial charge in [-0.15, -0.1) is 0 Å². The molecule has 1 fully saturated rings. The summed E-state index contributed by atoms with van der Waals surface area (Å²) in [5, 5.41) is 10.0. The first-order valence-corrected chi connectivity index (χ1v) is 5.14. The summed E-state index contributed by atoms with van der Waals surface area (Å²) in [5.74, 6) is 0.396. The van der Waals surface area contributed by atoms with E-state index in [1.807, 2.05) is 0 Å². The maximum absolute atomic E-state index is 10.0. The highest BCUT2D eigenvalue weighted by atomic mass is 127. The van der Waals surface area contributed by atoms with Crippen molar-refractivity contribution in [3.05, 3.63) is 0 Å². The number of nitrogens with zero attached hydrogens (tertiary/aromatic N) is 1. The molecule has 0 atom stereocenters. The Morgan fingerprint density at radius 3 is 2.18 bits per heavy atom. The molecular formula is C8H16INO. The molecule has 1 saturated heterocycles. The quantitative estimate of drug-likeness (QED) is 0.580. The van der Waals surface area contributed by atoms with Crippen LogP contribution in [-0.4, -0.2) is 26.9 Å². The lowest BCUT2D eigenvalue weighted by Crippen LogP contribution is -2.44. The number of halogens is 1. The van der Waals surface area contributed by atoms with E-state index < -0.39 is 0 Å². The van der Waals surface area contributed by atoms with E-state index in [1.54, 1.807) is 0 Å². The van der Waals surface area contributed by atoms with Crippen molar-refractivity contribution in [3.63, 3.8) is 0 Å². The van der Waals surface area contributed by atoms with Crippen LogP contribution in [0.25, 0.3) is 0 Å². The first-order valence-electron chi connectivity index (χ1n) is 4.18. The molecular weight excluding hydrogens is 253 g/mol. The SMILES string of the molecule is CC(C)C1(O)CCN(I)CC1.